The molecule has 0 spiro atoms. The van der Waals surface area contributed by atoms with Crippen LogP contribution in [0.1, 0.15) is 28.2 Å². The van der Waals surface area contributed by atoms with Gasteiger partial charge in [0.1, 0.15) is 5.75 Å². The zero-order chi connectivity index (χ0) is 18.2. The van der Waals surface area contributed by atoms with Crippen molar-refractivity contribution in [3.05, 3.63) is 101 Å². The lowest BCUT2D eigenvalue weighted by Gasteiger charge is -2.21. The van der Waals surface area contributed by atoms with Gasteiger partial charge in [0, 0.05) is 0 Å². The second kappa shape index (κ2) is 9.49. The first-order valence-electron chi connectivity index (χ1n) is 9.15. The minimum atomic E-state index is 0.328. The summed E-state index contributed by atoms with van der Waals surface area (Å²) in [5.41, 5.74) is 5.55. The monoisotopic (exact) mass is 362 g/mol. The summed E-state index contributed by atoms with van der Waals surface area (Å²) in [7, 11) is 0. The third-order valence-electron chi connectivity index (χ3n) is 4.81. The van der Waals surface area contributed by atoms with Gasteiger partial charge in [-0.05, 0) is 71.6 Å². The molecule has 0 heterocycles. The fraction of sp³-hybridized carbons (Fsp3) is 0.250. The van der Waals surface area contributed by atoms with Crippen molar-refractivity contribution in [3.63, 3.8) is 0 Å². The van der Waals surface area contributed by atoms with E-state index in [9.17, 15) is 5.11 Å². The summed E-state index contributed by atoms with van der Waals surface area (Å²) in [6.07, 6.45) is 5.28. The molecule has 3 aromatic carbocycles. The van der Waals surface area contributed by atoms with Crippen LogP contribution in [0.3, 0.4) is 0 Å². The number of hydrogen-bond donors (Lipinski definition) is 1. The van der Waals surface area contributed by atoms with Crippen molar-refractivity contribution >= 4 is 11.8 Å². The topological polar surface area (TPSA) is 20.2 Å². The van der Waals surface area contributed by atoms with E-state index in [0.717, 1.165) is 25.0 Å². The SMILES string of the molecule is CSCCc1ccccc1C(Cc1ccccc1)Cc1ccc(O)cc1. The lowest BCUT2D eigenvalue weighted by Crippen LogP contribution is -2.10. The summed E-state index contributed by atoms with van der Waals surface area (Å²) in [5.74, 6) is 1.91. The van der Waals surface area contributed by atoms with Crippen LogP contribution in [0, 0.1) is 0 Å². The van der Waals surface area contributed by atoms with Crippen LogP contribution in [0.25, 0.3) is 0 Å². The van der Waals surface area contributed by atoms with E-state index in [0.29, 0.717) is 11.7 Å². The first-order chi connectivity index (χ1) is 12.8. The minimum absolute atomic E-state index is 0.328. The van der Waals surface area contributed by atoms with Crippen molar-refractivity contribution in [1.29, 1.82) is 0 Å². The molecule has 0 aromatic heterocycles. The van der Waals surface area contributed by atoms with Gasteiger partial charge in [0.2, 0.25) is 0 Å². The predicted molar refractivity (Wildman–Crippen MR) is 113 cm³/mol. The first kappa shape index (κ1) is 18.6. The Labute approximate surface area is 161 Å². The average molecular weight is 363 g/mol. The molecular formula is C24H26OS. The fourth-order valence-corrected chi connectivity index (χ4v) is 3.90. The molecule has 1 N–H and O–H groups in total. The quantitative estimate of drug-likeness (QED) is 0.541. The van der Waals surface area contributed by atoms with Crippen molar-refractivity contribution in [2.45, 2.75) is 25.2 Å². The van der Waals surface area contributed by atoms with Gasteiger partial charge in [-0.2, -0.15) is 11.8 Å². The van der Waals surface area contributed by atoms with Crippen LogP contribution >= 0.6 is 11.8 Å². The number of rotatable bonds is 8. The standard InChI is InChI=1S/C24H26OS/c1-26-16-15-21-9-5-6-10-24(21)22(17-19-7-3-2-4-8-19)18-20-11-13-23(25)14-12-20/h2-14,22,25H,15-18H2,1H3. The summed E-state index contributed by atoms with van der Waals surface area (Å²) in [6, 6.07) is 27.3. The molecule has 0 amide bonds. The Morgan fingerprint density at radius 1 is 0.769 bits per heavy atom. The molecule has 134 valence electrons. The Morgan fingerprint density at radius 3 is 2.08 bits per heavy atom. The highest BCUT2D eigenvalue weighted by atomic mass is 32.2. The molecule has 0 aliphatic rings. The molecule has 3 rings (SSSR count). The van der Waals surface area contributed by atoms with E-state index in [4.69, 9.17) is 0 Å². The van der Waals surface area contributed by atoms with E-state index in [1.165, 1.54) is 22.3 Å². The molecule has 2 heteroatoms. The minimum Gasteiger partial charge on any atom is -0.508 e. The first-order valence-corrected chi connectivity index (χ1v) is 10.5. The number of aromatic hydroxyl groups is 1. The van der Waals surface area contributed by atoms with Gasteiger partial charge in [-0.1, -0.05) is 66.7 Å². The highest BCUT2D eigenvalue weighted by molar-refractivity contribution is 7.98. The number of thioether (sulfide) groups is 1. The maximum absolute atomic E-state index is 9.58. The summed E-state index contributed by atoms with van der Waals surface area (Å²) < 4.78 is 0. The summed E-state index contributed by atoms with van der Waals surface area (Å²) in [4.78, 5) is 0. The Hall–Kier alpha value is -2.19. The molecule has 0 aliphatic heterocycles. The van der Waals surface area contributed by atoms with Crippen molar-refractivity contribution in [1.82, 2.24) is 0 Å². The van der Waals surface area contributed by atoms with Gasteiger partial charge >= 0.3 is 0 Å². The average Bonchev–Trinajstić information content (AvgIpc) is 2.68. The zero-order valence-electron chi connectivity index (χ0n) is 15.3. The van der Waals surface area contributed by atoms with E-state index < -0.39 is 0 Å². The van der Waals surface area contributed by atoms with Crippen LogP contribution in [0.4, 0.5) is 0 Å². The van der Waals surface area contributed by atoms with Gasteiger partial charge in [0.15, 0.2) is 0 Å². The zero-order valence-corrected chi connectivity index (χ0v) is 16.1. The van der Waals surface area contributed by atoms with Crippen LogP contribution in [0.2, 0.25) is 0 Å². The number of benzene rings is 3. The number of hydrogen-bond acceptors (Lipinski definition) is 2. The molecule has 0 radical (unpaired) electrons. The van der Waals surface area contributed by atoms with E-state index >= 15 is 0 Å². The van der Waals surface area contributed by atoms with Gasteiger partial charge in [-0.25, -0.2) is 0 Å². The summed E-state index contributed by atoms with van der Waals surface area (Å²) >= 11 is 1.90. The van der Waals surface area contributed by atoms with Crippen LogP contribution in [0.15, 0.2) is 78.9 Å². The summed E-state index contributed by atoms with van der Waals surface area (Å²) in [5, 5.41) is 9.58. The molecule has 0 saturated heterocycles. The molecule has 3 aromatic rings. The molecule has 1 nitrogen and oxygen atoms in total. The van der Waals surface area contributed by atoms with Gasteiger partial charge in [-0.3, -0.25) is 0 Å². The van der Waals surface area contributed by atoms with Crippen molar-refractivity contribution in [2.24, 2.45) is 0 Å². The Morgan fingerprint density at radius 2 is 1.38 bits per heavy atom. The van der Waals surface area contributed by atoms with Crippen LogP contribution in [-0.2, 0) is 19.3 Å². The molecule has 1 unspecified atom stereocenters. The van der Waals surface area contributed by atoms with Crippen LogP contribution in [-0.4, -0.2) is 17.1 Å². The van der Waals surface area contributed by atoms with Gasteiger partial charge in [-0.15, -0.1) is 0 Å². The molecule has 0 bridgehead atoms. The van der Waals surface area contributed by atoms with Crippen molar-refractivity contribution < 1.29 is 5.11 Å². The highest BCUT2D eigenvalue weighted by Gasteiger charge is 2.16. The Bertz CT molecular complexity index is 796. The fourth-order valence-electron chi connectivity index (χ4n) is 3.48. The third-order valence-corrected chi connectivity index (χ3v) is 5.43. The predicted octanol–water partition coefficient (Wildman–Crippen LogP) is 5.87. The third kappa shape index (κ3) is 5.15. The van der Waals surface area contributed by atoms with Crippen LogP contribution in [0.5, 0.6) is 5.75 Å². The van der Waals surface area contributed by atoms with E-state index in [1.807, 2.05) is 23.9 Å². The second-order valence-corrected chi connectivity index (χ2v) is 7.68. The molecule has 0 saturated carbocycles. The molecule has 26 heavy (non-hydrogen) atoms. The molecule has 0 aliphatic carbocycles. The maximum atomic E-state index is 9.58. The number of phenolic OH excluding ortho intramolecular Hbond substituents is 1. The number of aryl methyl sites for hydroxylation is 1. The van der Waals surface area contributed by atoms with Crippen molar-refractivity contribution in [2.75, 3.05) is 12.0 Å². The molecule has 1 atom stereocenters. The lowest BCUT2D eigenvalue weighted by molar-refractivity contribution is 0.475. The Balaban J connectivity index is 1.90. The molecular weight excluding hydrogens is 336 g/mol. The molecule has 0 fully saturated rings. The van der Waals surface area contributed by atoms with E-state index in [-0.39, 0.29) is 0 Å². The van der Waals surface area contributed by atoms with Crippen molar-refractivity contribution in [3.8, 4) is 5.75 Å². The number of phenols is 1. The second-order valence-electron chi connectivity index (χ2n) is 6.70. The highest BCUT2D eigenvalue weighted by Crippen LogP contribution is 2.29. The van der Waals surface area contributed by atoms with Gasteiger partial charge < -0.3 is 5.11 Å². The summed E-state index contributed by atoms with van der Waals surface area (Å²) in [6.45, 7) is 0. The smallest absolute Gasteiger partial charge is 0.115 e. The Kier molecular flexibility index (Phi) is 6.79. The largest absolute Gasteiger partial charge is 0.508 e. The van der Waals surface area contributed by atoms with E-state index in [2.05, 4.69) is 60.9 Å². The lowest BCUT2D eigenvalue weighted by atomic mass is 9.84. The normalized spacial score (nSPS) is 12.0. The van der Waals surface area contributed by atoms with E-state index in [1.54, 1.807) is 12.1 Å². The maximum Gasteiger partial charge on any atom is 0.115 e. The van der Waals surface area contributed by atoms with Gasteiger partial charge in [0.05, 0.1) is 0 Å². The van der Waals surface area contributed by atoms with Crippen LogP contribution < -0.4 is 0 Å². The van der Waals surface area contributed by atoms with Gasteiger partial charge in [0.25, 0.3) is 0 Å².